The second-order valence-corrected chi connectivity index (χ2v) is 9.98. The number of piperidine rings is 1. The molecular formula is C27H28ClF3N6O2. The molecule has 1 aromatic carbocycles. The molecule has 0 spiro atoms. The van der Waals surface area contributed by atoms with Crippen LogP contribution in [0, 0.1) is 0 Å². The zero-order valence-electron chi connectivity index (χ0n) is 21.1. The van der Waals surface area contributed by atoms with Gasteiger partial charge in [0.2, 0.25) is 5.91 Å². The molecule has 1 N–H and O–H groups in total. The number of rotatable bonds is 6. The molecule has 0 saturated carbocycles. The van der Waals surface area contributed by atoms with E-state index in [9.17, 15) is 18.0 Å². The lowest BCUT2D eigenvalue weighted by Crippen LogP contribution is -2.49. The van der Waals surface area contributed by atoms with Crippen molar-refractivity contribution in [2.45, 2.75) is 25.1 Å². The van der Waals surface area contributed by atoms with Crippen LogP contribution in [0.15, 0.2) is 48.9 Å². The summed E-state index contributed by atoms with van der Waals surface area (Å²) < 4.78 is 44.6. The van der Waals surface area contributed by atoms with Gasteiger partial charge in [-0.15, -0.1) is 0 Å². The van der Waals surface area contributed by atoms with Crippen LogP contribution in [-0.4, -0.2) is 77.7 Å². The minimum absolute atomic E-state index is 0.0191. The van der Waals surface area contributed by atoms with Crippen molar-refractivity contribution in [2.24, 2.45) is 0 Å². The third-order valence-electron chi connectivity index (χ3n) is 6.93. The normalized spacial score (nSPS) is 17.3. The average molecular weight is 561 g/mol. The highest BCUT2D eigenvalue weighted by atomic mass is 35.5. The largest absolute Gasteiger partial charge is 0.416 e. The standard InChI is InChI=1S/C27H28ClF3N6O2/c28-22-15-32-8-5-21(22)26-25(18-1-3-19(4-2-18)27(29,30)31)33-16-23(35-26)37-9-6-20(7-10-37)34-24(38)17-36-11-13-39-14-12-36/h1-5,8,15-16,20H,6-7,9-14,17H2,(H,34,38). The topological polar surface area (TPSA) is 83.5 Å². The summed E-state index contributed by atoms with van der Waals surface area (Å²) in [5.41, 5.74) is 1.22. The maximum Gasteiger partial charge on any atom is 0.416 e. The summed E-state index contributed by atoms with van der Waals surface area (Å²) in [7, 11) is 0. The minimum Gasteiger partial charge on any atom is -0.379 e. The van der Waals surface area contributed by atoms with E-state index in [-0.39, 0.29) is 11.9 Å². The number of pyridine rings is 1. The molecule has 3 aromatic rings. The van der Waals surface area contributed by atoms with Gasteiger partial charge < -0.3 is 15.0 Å². The number of nitrogens with zero attached hydrogens (tertiary/aromatic N) is 5. The molecule has 0 aliphatic carbocycles. The van der Waals surface area contributed by atoms with E-state index in [1.165, 1.54) is 18.3 Å². The highest BCUT2D eigenvalue weighted by Crippen LogP contribution is 2.36. The van der Waals surface area contributed by atoms with Crippen LogP contribution >= 0.6 is 11.6 Å². The predicted molar refractivity (Wildman–Crippen MR) is 141 cm³/mol. The molecule has 0 unspecified atom stereocenters. The Bertz CT molecular complexity index is 1290. The van der Waals surface area contributed by atoms with Crippen LogP contribution in [0.1, 0.15) is 18.4 Å². The Morgan fingerprint density at radius 1 is 1.03 bits per heavy atom. The number of carbonyl (C=O) groups is 1. The molecule has 0 radical (unpaired) electrons. The monoisotopic (exact) mass is 560 g/mol. The number of carbonyl (C=O) groups excluding carboxylic acids is 1. The number of halogens is 4. The van der Waals surface area contributed by atoms with Crippen LogP contribution in [0.5, 0.6) is 0 Å². The van der Waals surface area contributed by atoms with Gasteiger partial charge in [0.15, 0.2) is 0 Å². The molecule has 2 aliphatic heterocycles. The van der Waals surface area contributed by atoms with Crippen LogP contribution in [0.4, 0.5) is 19.0 Å². The van der Waals surface area contributed by atoms with Crippen LogP contribution in [0.2, 0.25) is 5.02 Å². The Hall–Kier alpha value is -3.28. The van der Waals surface area contributed by atoms with Crippen molar-refractivity contribution < 1.29 is 22.7 Å². The molecule has 2 saturated heterocycles. The van der Waals surface area contributed by atoms with E-state index in [1.54, 1.807) is 18.5 Å². The van der Waals surface area contributed by atoms with E-state index in [4.69, 9.17) is 21.3 Å². The molecule has 2 aliphatic rings. The number of alkyl halides is 3. The third-order valence-corrected chi connectivity index (χ3v) is 7.23. The van der Waals surface area contributed by atoms with Crippen LogP contribution in [-0.2, 0) is 15.7 Å². The van der Waals surface area contributed by atoms with Crippen molar-refractivity contribution in [2.75, 3.05) is 50.8 Å². The number of nitrogens with one attached hydrogen (secondary N) is 1. The number of hydrogen-bond donors (Lipinski definition) is 1. The van der Waals surface area contributed by atoms with E-state index in [2.05, 4.69) is 25.1 Å². The first-order valence-corrected chi connectivity index (χ1v) is 13.1. The van der Waals surface area contributed by atoms with E-state index >= 15 is 0 Å². The van der Waals surface area contributed by atoms with Crippen molar-refractivity contribution in [3.8, 4) is 22.5 Å². The van der Waals surface area contributed by atoms with E-state index in [0.29, 0.717) is 66.2 Å². The molecule has 206 valence electrons. The molecule has 5 rings (SSSR count). The smallest absolute Gasteiger partial charge is 0.379 e. The van der Waals surface area contributed by atoms with Gasteiger partial charge in [0.05, 0.1) is 42.2 Å². The van der Waals surface area contributed by atoms with E-state index in [1.807, 2.05) is 0 Å². The highest BCUT2D eigenvalue weighted by molar-refractivity contribution is 6.33. The van der Waals surface area contributed by atoms with Gasteiger partial charge in [0.1, 0.15) is 11.5 Å². The summed E-state index contributed by atoms with van der Waals surface area (Å²) in [4.78, 5) is 30.2. The number of ether oxygens (including phenoxy) is 1. The highest BCUT2D eigenvalue weighted by Gasteiger charge is 2.30. The molecule has 12 heteroatoms. The Labute approximate surface area is 229 Å². The molecule has 39 heavy (non-hydrogen) atoms. The SMILES string of the molecule is O=C(CN1CCOCC1)NC1CCN(c2cnc(-c3ccc(C(F)(F)F)cc3)c(-c3ccncc3Cl)n2)CC1. The summed E-state index contributed by atoms with van der Waals surface area (Å²) in [5, 5.41) is 3.50. The van der Waals surface area contributed by atoms with Crippen molar-refractivity contribution >= 4 is 23.3 Å². The summed E-state index contributed by atoms with van der Waals surface area (Å²) in [6, 6.07) is 6.61. The van der Waals surface area contributed by atoms with E-state index in [0.717, 1.165) is 38.1 Å². The lowest BCUT2D eigenvalue weighted by Gasteiger charge is -2.34. The quantitative estimate of drug-likeness (QED) is 0.481. The number of morpholine rings is 1. The molecular weight excluding hydrogens is 533 g/mol. The first-order chi connectivity index (χ1) is 18.8. The lowest BCUT2D eigenvalue weighted by molar-refractivity contribution is -0.137. The summed E-state index contributed by atoms with van der Waals surface area (Å²) in [6.45, 7) is 4.53. The first-order valence-electron chi connectivity index (χ1n) is 12.8. The van der Waals surface area contributed by atoms with Gasteiger partial charge in [-0.25, -0.2) is 4.98 Å². The summed E-state index contributed by atoms with van der Waals surface area (Å²) in [6.07, 6.45) is 1.78. The van der Waals surface area contributed by atoms with Gasteiger partial charge in [0.25, 0.3) is 0 Å². The van der Waals surface area contributed by atoms with Gasteiger partial charge in [-0.1, -0.05) is 23.7 Å². The zero-order valence-corrected chi connectivity index (χ0v) is 21.9. The average Bonchev–Trinajstić information content (AvgIpc) is 2.93. The zero-order chi connectivity index (χ0) is 27.4. The second kappa shape index (κ2) is 11.8. The van der Waals surface area contributed by atoms with Crippen molar-refractivity contribution in [3.63, 3.8) is 0 Å². The lowest BCUT2D eigenvalue weighted by atomic mass is 10.0. The summed E-state index contributed by atoms with van der Waals surface area (Å²) >= 11 is 6.44. The fourth-order valence-corrected chi connectivity index (χ4v) is 5.01. The maximum atomic E-state index is 13.1. The Balaban J connectivity index is 1.32. The number of aromatic nitrogens is 3. The van der Waals surface area contributed by atoms with Gasteiger partial charge in [0, 0.05) is 55.7 Å². The van der Waals surface area contributed by atoms with Crippen LogP contribution < -0.4 is 10.2 Å². The van der Waals surface area contributed by atoms with Gasteiger partial charge in [-0.05, 0) is 31.0 Å². The van der Waals surface area contributed by atoms with Gasteiger partial charge >= 0.3 is 6.18 Å². The molecule has 2 fully saturated rings. The predicted octanol–water partition coefficient (Wildman–Crippen LogP) is 4.30. The fourth-order valence-electron chi connectivity index (χ4n) is 4.80. The molecule has 2 aromatic heterocycles. The maximum absolute atomic E-state index is 13.1. The van der Waals surface area contributed by atoms with Gasteiger partial charge in [-0.2, -0.15) is 13.2 Å². The molecule has 8 nitrogen and oxygen atoms in total. The van der Waals surface area contributed by atoms with E-state index < -0.39 is 11.7 Å². The Morgan fingerprint density at radius 3 is 2.41 bits per heavy atom. The molecule has 0 atom stereocenters. The summed E-state index contributed by atoms with van der Waals surface area (Å²) in [5.74, 6) is 0.650. The number of benzene rings is 1. The molecule has 1 amide bonds. The van der Waals surface area contributed by atoms with Crippen LogP contribution in [0.3, 0.4) is 0 Å². The Kier molecular flexibility index (Phi) is 8.29. The number of anilines is 1. The molecule has 4 heterocycles. The van der Waals surface area contributed by atoms with Crippen molar-refractivity contribution in [3.05, 3.63) is 59.5 Å². The number of hydrogen-bond acceptors (Lipinski definition) is 7. The first kappa shape index (κ1) is 27.3. The van der Waals surface area contributed by atoms with Crippen molar-refractivity contribution in [1.82, 2.24) is 25.2 Å². The fraction of sp³-hybridized carbons (Fsp3) is 0.407. The minimum atomic E-state index is -4.43. The van der Waals surface area contributed by atoms with Crippen molar-refractivity contribution in [1.29, 1.82) is 0 Å². The number of amides is 1. The Morgan fingerprint density at radius 2 is 1.74 bits per heavy atom. The third kappa shape index (κ3) is 6.66. The van der Waals surface area contributed by atoms with Crippen LogP contribution in [0.25, 0.3) is 22.5 Å². The van der Waals surface area contributed by atoms with Gasteiger partial charge in [-0.3, -0.25) is 19.7 Å². The second-order valence-electron chi connectivity index (χ2n) is 9.57. The molecule has 0 bridgehead atoms.